The minimum atomic E-state index is -0.489. The molecule has 0 saturated carbocycles. The van der Waals surface area contributed by atoms with E-state index in [1.165, 1.54) is 0 Å². The number of nitrogens with one attached hydrogen (secondary N) is 2. The van der Waals surface area contributed by atoms with Crippen molar-refractivity contribution in [1.29, 1.82) is 0 Å². The van der Waals surface area contributed by atoms with Gasteiger partial charge < -0.3 is 20.3 Å². The minimum absolute atomic E-state index is 0.0412. The van der Waals surface area contributed by atoms with Crippen LogP contribution in [0.25, 0.3) is 0 Å². The van der Waals surface area contributed by atoms with Gasteiger partial charge in [0, 0.05) is 48.9 Å². The zero-order chi connectivity index (χ0) is 16.9. The lowest BCUT2D eigenvalue weighted by molar-refractivity contribution is -0.128. The summed E-state index contributed by atoms with van der Waals surface area (Å²) in [6.07, 6.45) is -0.489. The first-order chi connectivity index (χ1) is 11.7. The Bertz CT molecular complexity index is 611. The van der Waals surface area contributed by atoms with E-state index in [1.54, 1.807) is 0 Å². The SMILES string of the molecule is Cc1c(NC(=O)C2CNCCO2)cccc1C(=O)N1CCSCC1. The highest BCUT2D eigenvalue weighted by atomic mass is 32.2. The Morgan fingerprint density at radius 3 is 2.83 bits per heavy atom. The summed E-state index contributed by atoms with van der Waals surface area (Å²) in [4.78, 5) is 26.9. The molecule has 24 heavy (non-hydrogen) atoms. The van der Waals surface area contributed by atoms with Crippen LogP contribution in [0.5, 0.6) is 0 Å². The summed E-state index contributed by atoms with van der Waals surface area (Å²) in [5.41, 5.74) is 2.13. The number of rotatable bonds is 3. The Balaban J connectivity index is 1.72. The fourth-order valence-corrected chi connectivity index (χ4v) is 3.79. The summed E-state index contributed by atoms with van der Waals surface area (Å²) < 4.78 is 5.47. The van der Waals surface area contributed by atoms with Gasteiger partial charge in [0.15, 0.2) is 0 Å². The molecule has 2 saturated heterocycles. The number of ether oxygens (including phenoxy) is 1. The zero-order valence-corrected chi connectivity index (χ0v) is 14.7. The van der Waals surface area contributed by atoms with Gasteiger partial charge in [-0.05, 0) is 24.6 Å². The van der Waals surface area contributed by atoms with Crippen LogP contribution in [0, 0.1) is 6.92 Å². The van der Waals surface area contributed by atoms with Gasteiger partial charge in [0.2, 0.25) is 0 Å². The number of carbonyl (C=O) groups is 2. The number of benzene rings is 1. The molecule has 2 fully saturated rings. The molecule has 2 N–H and O–H groups in total. The second kappa shape index (κ2) is 8.00. The first-order valence-corrected chi connectivity index (χ1v) is 9.42. The maximum Gasteiger partial charge on any atom is 0.254 e. The molecule has 1 aromatic carbocycles. The van der Waals surface area contributed by atoms with E-state index in [9.17, 15) is 9.59 Å². The molecule has 0 spiro atoms. The largest absolute Gasteiger partial charge is 0.366 e. The van der Waals surface area contributed by atoms with Crippen LogP contribution < -0.4 is 10.6 Å². The number of hydrogen-bond acceptors (Lipinski definition) is 5. The van der Waals surface area contributed by atoms with Crippen molar-refractivity contribution in [2.75, 3.05) is 49.6 Å². The van der Waals surface area contributed by atoms with Gasteiger partial charge in [0.25, 0.3) is 11.8 Å². The van der Waals surface area contributed by atoms with Crippen molar-refractivity contribution >= 4 is 29.3 Å². The Labute approximate surface area is 146 Å². The lowest BCUT2D eigenvalue weighted by Crippen LogP contribution is -2.45. The molecular weight excluding hydrogens is 326 g/mol. The van der Waals surface area contributed by atoms with Gasteiger partial charge in [0.05, 0.1) is 6.61 Å². The molecule has 6 nitrogen and oxygen atoms in total. The van der Waals surface area contributed by atoms with E-state index in [-0.39, 0.29) is 11.8 Å². The molecule has 0 bridgehead atoms. The second-order valence-electron chi connectivity index (χ2n) is 5.94. The highest BCUT2D eigenvalue weighted by Crippen LogP contribution is 2.22. The van der Waals surface area contributed by atoms with Crippen molar-refractivity contribution in [3.63, 3.8) is 0 Å². The van der Waals surface area contributed by atoms with Crippen LogP contribution in [0.3, 0.4) is 0 Å². The second-order valence-corrected chi connectivity index (χ2v) is 7.16. The molecule has 2 aliphatic rings. The topological polar surface area (TPSA) is 70.7 Å². The Kier molecular flexibility index (Phi) is 5.76. The van der Waals surface area contributed by atoms with Crippen LogP contribution in [0.2, 0.25) is 0 Å². The van der Waals surface area contributed by atoms with E-state index in [0.29, 0.717) is 24.4 Å². The molecule has 1 atom stereocenters. The summed E-state index contributed by atoms with van der Waals surface area (Å²) in [7, 11) is 0. The number of nitrogens with zero attached hydrogens (tertiary/aromatic N) is 1. The Morgan fingerprint density at radius 1 is 1.33 bits per heavy atom. The van der Waals surface area contributed by atoms with Gasteiger partial charge in [-0.2, -0.15) is 11.8 Å². The first kappa shape index (κ1) is 17.3. The van der Waals surface area contributed by atoms with Crippen molar-refractivity contribution in [2.24, 2.45) is 0 Å². The molecule has 0 aliphatic carbocycles. The Morgan fingerprint density at radius 2 is 2.12 bits per heavy atom. The summed E-state index contributed by atoms with van der Waals surface area (Å²) in [5, 5.41) is 6.04. The van der Waals surface area contributed by atoms with Crippen molar-refractivity contribution in [2.45, 2.75) is 13.0 Å². The fourth-order valence-electron chi connectivity index (χ4n) is 2.89. The van der Waals surface area contributed by atoms with Gasteiger partial charge in [-0.1, -0.05) is 6.07 Å². The lowest BCUT2D eigenvalue weighted by Gasteiger charge is -2.27. The summed E-state index contributed by atoms with van der Waals surface area (Å²) in [6, 6.07) is 5.47. The Hall–Kier alpha value is -1.57. The lowest BCUT2D eigenvalue weighted by atomic mass is 10.0. The van der Waals surface area contributed by atoms with Gasteiger partial charge in [-0.3, -0.25) is 9.59 Å². The number of anilines is 1. The highest BCUT2D eigenvalue weighted by molar-refractivity contribution is 7.99. The molecule has 2 aliphatic heterocycles. The third-order valence-corrected chi connectivity index (χ3v) is 5.28. The van der Waals surface area contributed by atoms with E-state index in [4.69, 9.17) is 4.74 Å². The third kappa shape index (κ3) is 3.91. The molecule has 130 valence electrons. The molecule has 1 unspecified atom stereocenters. The average molecular weight is 349 g/mol. The van der Waals surface area contributed by atoms with Crippen molar-refractivity contribution in [3.8, 4) is 0 Å². The van der Waals surface area contributed by atoms with Gasteiger partial charge in [-0.15, -0.1) is 0 Å². The van der Waals surface area contributed by atoms with Crippen LogP contribution >= 0.6 is 11.8 Å². The van der Waals surface area contributed by atoms with E-state index in [1.807, 2.05) is 41.8 Å². The summed E-state index contributed by atoms with van der Waals surface area (Å²) >= 11 is 1.87. The molecule has 3 rings (SSSR count). The number of amides is 2. The molecular formula is C17H23N3O3S. The maximum absolute atomic E-state index is 12.7. The van der Waals surface area contributed by atoms with Crippen LogP contribution in [0.1, 0.15) is 15.9 Å². The van der Waals surface area contributed by atoms with Gasteiger partial charge in [0.1, 0.15) is 6.10 Å². The standard InChI is InChI=1S/C17H23N3O3S/c1-12-13(17(22)20-6-9-24-10-7-20)3-2-4-14(12)19-16(21)15-11-18-5-8-23-15/h2-4,15,18H,5-11H2,1H3,(H,19,21). The maximum atomic E-state index is 12.7. The fraction of sp³-hybridized carbons (Fsp3) is 0.529. The minimum Gasteiger partial charge on any atom is -0.366 e. The van der Waals surface area contributed by atoms with E-state index in [2.05, 4.69) is 10.6 Å². The summed E-state index contributed by atoms with van der Waals surface area (Å²) in [5.74, 6) is 1.82. The normalized spacial score (nSPS) is 21.4. The van der Waals surface area contributed by atoms with Crippen molar-refractivity contribution in [3.05, 3.63) is 29.3 Å². The van der Waals surface area contributed by atoms with Gasteiger partial charge >= 0.3 is 0 Å². The van der Waals surface area contributed by atoms with Crippen LogP contribution in [0.15, 0.2) is 18.2 Å². The van der Waals surface area contributed by atoms with Gasteiger partial charge in [-0.25, -0.2) is 0 Å². The van der Waals surface area contributed by atoms with E-state index < -0.39 is 6.10 Å². The quantitative estimate of drug-likeness (QED) is 0.855. The number of hydrogen-bond donors (Lipinski definition) is 2. The van der Waals surface area contributed by atoms with E-state index >= 15 is 0 Å². The number of carbonyl (C=O) groups excluding carboxylic acids is 2. The molecule has 7 heteroatoms. The average Bonchev–Trinajstić information content (AvgIpc) is 2.64. The monoisotopic (exact) mass is 349 g/mol. The molecule has 0 radical (unpaired) electrons. The van der Waals surface area contributed by atoms with Crippen LogP contribution in [0.4, 0.5) is 5.69 Å². The number of thioether (sulfide) groups is 1. The number of morpholine rings is 1. The van der Waals surface area contributed by atoms with Crippen LogP contribution in [-0.4, -0.2) is 67.1 Å². The zero-order valence-electron chi connectivity index (χ0n) is 13.8. The molecule has 1 aromatic rings. The first-order valence-electron chi connectivity index (χ1n) is 8.26. The smallest absolute Gasteiger partial charge is 0.254 e. The van der Waals surface area contributed by atoms with Crippen LogP contribution in [-0.2, 0) is 9.53 Å². The van der Waals surface area contributed by atoms with Crippen molar-refractivity contribution in [1.82, 2.24) is 10.2 Å². The predicted molar refractivity (Wildman–Crippen MR) is 95.6 cm³/mol. The third-order valence-electron chi connectivity index (χ3n) is 4.34. The molecule has 0 aromatic heterocycles. The predicted octanol–water partition coefficient (Wildman–Crippen LogP) is 1.11. The van der Waals surface area contributed by atoms with E-state index in [0.717, 1.165) is 36.7 Å². The summed E-state index contributed by atoms with van der Waals surface area (Å²) in [6.45, 7) is 5.24. The highest BCUT2D eigenvalue weighted by Gasteiger charge is 2.24. The molecule has 2 amide bonds. The van der Waals surface area contributed by atoms with Crippen molar-refractivity contribution < 1.29 is 14.3 Å². The molecule has 2 heterocycles.